The van der Waals surface area contributed by atoms with Gasteiger partial charge < -0.3 is 4.98 Å². The second-order valence-electron chi connectivity index (χ2n) is 7.87. The maximum absolute atomic E-state index is 13.0. The molecule has 0 aliphatic heterocycles. The van der Waals surface area contributed by atoms with Gasteiger partial charge in [0.1, 0.15) is 5.82 Å². The molecule has 6 heteroatoms. The van der Waals surface area contributed by atoms with Crippen LogP contribution in [0.5, 0.6) is 0 Å². The smallest absolute Gasteiger partial charge is 0.333 e. The predicted molar refractivity (Wildman–Crippen MR) is 130 cm³/mol. The van der Waals surface area contributed by atoms with Gasteiger partial charge in [0.05, 0.1) is 34.7 Å². The number of hydrogen-bond acceptors (Lipinski definition) is 3. The van der Waals surface area contributed by atoms with E-state index in [1.807, 2.05) is 54.6 Å². The van der Waals surface area contributed by atoms with Crippen LogP contribution < -0.4 is 5.69 Å². The maximum Gasteiger partial charge on any atom is 0.333 e. The first-order valence-electron chi connectivity index (χ1n) is 10.4. The van der Waals surface area contributed by atoms with Crippen LogP contribution >= 0.6 is 0 Å². The van der Waals surface area contributed by atoms with E-state index in [1.165, 1.54) is 0 Å². The van der Waals surface area contributed by atoms with Gasteiger partial charge in [0, 0.05) is 18.2 Å². The highest BCUT2D eigenvalue weighted by Crippen LogP contribution is 2.32. The Morgan fingerprint density at radius 3 is 2.53 bits per heavy atom. The Balaban J connectivity index is 1.72. The van der Waals surface area contributed by atoms with Gasteiger partial charge in [-0.2, -0.15) is 0 Å². The third-order valence-corrected chi connectivity index (χ3v) is 5.66. The van der Waals surface area contributed by atoms with Crippen molar-refractivity contribution < 1.29 is 0 Å². The van der Waals surface area contributed by atoms with Gasteiger partial charge in [0.2, 0.25) is 0 Å². The van der Waals surface area contributed by atoms with Crippen LogP contribution in [0.2, 0.25) is 0 Å². The van der Waals surface area contributed by atoms with Gasteiger partial charge in [-0.25, -0.2) is 9.78 Å². The van der Waals surface area contributed by atoms with Crippen LogP contribution in [0.25, 0.3) is 39.2 Å². The van der Waals surface area contributed by atoms with Crippen molar-refractivity contribution >= 4 is 17.8 Å². The summed E-state index contributed by atoms with van der Waals surface area (Å²) in [4.78, 5) is 25.2. The van der Waals surface area contributed by atoms with Gasteiger partial charge in [-0.3, -0.25) is 14.1 Å². The van der Waals surface area contributed by atoms with E-state index in [0.29, 0.717) is 6.54 Å². The number of aromatic amines is 1. The largest absolute Gasteiger partial charge is 0.340 e. The van der Waals surface area contributed by atoms with E-state index in [9.17, 15) is 4.79 Å². The molecule has 0 bridgehead atoms. The number of aliphatic imine (C=N–C) groups is 1. The van der Waals surface area contributed by atoms with Crippen molar-refractivity contribution in [1.82, 2.24) is 19.1 Å². The molecule has 0 atom stereocenters. The van der Waals surface area contributed by atoms with E-state index in [-0.39, 0.29) is 5.69 Å². The molecule has 0 amide bonds. The van der Waals surface area contributed by atoms with Crippen molar-refractivity contribution in [3.05, 3.63) is 94.7 Å². The number of rotatable bonds is 5. The number of imidazole rings is 2. The summed E-state index contributed by atoms with van der Waals surface area (Å²) in [7, 11) is 1.80. The molecule has 5 rings (SSSR count). The Labute approximate surface area is 185 Å². The summed E-state index contributed by atoms with van der Waals surface area (Å²) < 4.78 is 3.42. The third kappa shape index (κ3) is 3.26. The first-order valence-corrected chi connectivity index (χ1v) is 10.4. The summed E-state index contributed by atoms with van der Waals surface area (Å²) in [5.74, 6) is 0.752. The lowest BCUT2D eigenvalue weighted by Gasteiger charge is -2.06. The van der Waals surface area contributed by atoms with E-state index in [1.54, 1.807) is 16.2 Å². The van der Waals surface area contributed by atoms with Crippen LogP contribution in [0.4, 0.5) is 0 Å². The van der Waals surface area contributed by atoms with Crippen molar-refractivity contribution in [2.24, 2.45) is 12.0 Å². The summed E-state index contributed by atoms with van der Waals surface area (Å²) in [5, 5.41) is 0. The van der Waals surface area contributed by atoms with Crippen LogP contribution in [0.1, 0.15) is 11.4 Å². The first-order chi connectivity index (χ1) is 15.6. The molecule has 0 aliphatic rings. The Morgan fingerprint density at radius 1 is 0.969 bits per heavy atom. The summed E-state index contributed by atoms with van der Waals surface area (Å²) in [6.45, 7) is 6.07. The van der Waals surface area contributed by atoms with Crippen LogP contribution in [0.3, 0.4) is 0 Å². The molecule has 2 aromatic heterocycles. The quantitative estimate of drug-likeness (QED) is 0.410. The Bertz CT molecular complexity index is 1500. The van der Waals surface area contributed by atoms with Crippen LogP contribution in [-0.4, -0.2) is 25.8 Å². The fourth-order valence-corrected chi connectivity index (χ4v) is 4.13. The summed E-state index contributed by atoms with van der Waals surface area (Å²) >= 11 is 0. The minimum absolute atomic E-state index is 0.0802. The Hall–Kier alpha value is -4.19. The van der Waals surface area contributed by atoms with Gasteiger partial charge in [0.15, 0.2) is 0 Å². The van der Waals surface area contributed by atoms with Crippen LogP contribution in [-0.2, 0) is 13.6 Å². The highest BCUT2D eigenvalue weighted by molar-refractivity contribution is 5.87. The molecule has 2 heterocycles. The molecule has 158 valence electrons. The van der Waals surface area contributed by atoms with Crippen molar-refractivity contribution in [3.8, 4) is 28.2 Å². The second-order valence-corrected chi connectivity index (χ2v) is 7.87. The first kappa shape index (κ1) is 19.8. The van der Waals surface area contributed by atoms with Crippen molar-refractivity contribution in [2.75, 3.05) is 0 Å². The second kappa shape index (κ2) is 7.81. The zero-order valence-electron chi connectivity index (χ0n) is 18.0. The van der Waals surface area contributed by atoms with Crippen molar-refractivity contribution in [3.63, 3.8) is 0 Å². The lowest BCUT2D eigenvalue weighted by atomic mass is 10.0. The normalized spacial score (nSPS) is 11.2. The summed E-state index contributed by atoms with van der Waals surface area (Å²) in [6.07, 6.45) is 0. The molecule has 0 radical (unpaired) electrons. The molecule has 1 N–H and O–H groups in total. The van der Waals surface area contributed by atoms with Crippen LogP contribution in [0, 0.1) is 6.92 Å². The molecule has 0 aliphatic carbocycles. The van der Waals surface area contributed by atoms with Gasteiger partial charge in [-0.1, -0.05) is 48.0 Å². The van der Waals surface area contributed by atoms with Crippen LogP contribution in [0.15, 0.2) is 82.6 Å². The van der Waals surface area contributed by atoms with E-state index in [4.69, 9.17) is 4.98 Å². The standard InChI is InChI=1S/C26H23N5O/c1-17-8-7-9-18(14-17)24-25(29-23(28-24)16-27-2)19-12-13-21-22(15-19)30(3)26(32)31(21)20-10-5-4-6-11-20/h4-15H,2,16H2,1,3H3,(H,28,29). The zero-order valence-corrected chi connectivity index (χ0v) is 18.0. The molecule has 0 fully saturated rings. The van der Waals surface area contributed by atoms with Crippen molar-refractivity contribution in [1.29, 1.82) is 0 Å². The number of para-hydroxylation sites is 1. The number of hydrogen-bond donors (Lipinski definition) is 1. The topological polar surface area (TPSA) is 68.0 Å². The average molecular weight is 422 g/mol. The molecule has 0 spiro atoms. The number of nitrogens with zero attached hydrogens (tertiary/aromatic N) is 4. The predicted octanol–water partition coefficient (Wildman–Crippen LogP) is 4.90. The SMILES string of the molecule is C=NCc1nc(-c2cccc(C)c2)c(-c2ccc3c(c2)n(C)c(=O)n3-c2ccccc2)[nH]1. The maximum atomic E-state index is 13.0. The lowest BCUT2D eigenvalue weighted by molar-refractivity contribution is 0.846. The fraction of sp³-hybridized carbons (Fsp3) is 0.115. The molecule has 0 unspecified atom stereocenters. The third-order valence-electron chi connectivity index (χ3n) is 5.66. The molecule has 6 nitrogen and oxygen atoms in total. The molecule has 3 aromatic carbocycles. The Kier molecular flexibility index (Phi) is 4.82. The monoisotopic (exact) mass is 421 g/mol. The van der Waals surface area contributed by atoms with Crippen molar-refractivity contribution in [2.45, 2.75) is 13.5 Å². The number of benzene rings is 3. The average Bonchev–Trinajstić information content (AvgIpc) is 3.34. The number of aryl methyl sites for hydroxylation is 2. The molecule has 0 saturated heterocycles. The summed E-state index contributed by atoms with van der Waals surface area (Å²) in [5.41, 5.74) is 7.38. The van der Waals surface area contributed by atoms with Gasteiger partial charge in [-0.15, -0.1) is 0 Å². The lowest BCUT2D eigenvalue weighted by Crippen LogP contribution is -2.20. The van der Waals surface area contributed by atoms with Gasteiger partial charge in [0.25, 0.3) is 0 Å². The van der Waals surface area contributed by atoms with E-state index < -0.39 is 0 Å². The molecule has 5 aromatic rings. The minimum atomic E-state index is -0.0802. The van der Waals surface area contributed by atoms with Gasteiger partial charge >= 0.3 is 5.69 Å². The number of fused-ring (bicyclic) bond motifs is 1. The van der Waals surface area contributed by atoms with E-state index in [0.717, 1.165) is 50.6 Å². The highest BCUT2D eigenvalue weighted by atomic mass is 16.1. The Morgan fingerprint density at radius 2 is 1.78 bits per heavy atom. The molecular formula is C26H23N5O. The molecule has 0 saturated carbocycles. The molecule has 32 heavy (non-hydrogen) atoms. The summed E-state index contributed by atoms with van der Waals surface area (Å²) in [6, 6.07) is 24.0. The highest BCUT2D eigenvalue weighted by Gasteiger charge is 2.17. The molecular weight excluding hydrogens is 398 g/mol. The number of H-pyrrole nitrogens is 1. The van der Waals surface area contributed by atoms with E-state index >= 15 is 0 Å². The number of nitrogens with one attached hydrogen (secondary N) is 1. The zero-order chi connectivity index (χ0) is 22.2. The van der Waals surface area contributed by atoms with Gasteiger partial charge in [-0.05, 0) is 44.0 Å². The minimum Gasteiger partial charge on any atom is -0.340 e. The fourth-order valence-electron chi connectivity index (χ4n) is 4.13. The van der Waals surface area contributed by atoms with E-state index in [2.05, 4.69) is 41.8 Å². The number of aromatic nitrogens is 4.